The van der Waals surface area contributed by atoms with Gasteiger partial charge in [0, 0.05) is 32.6 Å². The average molecular weight is 266 g/mol. The van der Waals surface area contributed by atoms with Crippen LogP contribution in [0.3, 0.4) is 0 Å². The van der Waals surface area contributed by atoms with Crippen LogP contribution in [0.25, 0.3) is 0 Å². The molecule has 0 bridgehead atoms. The van der Waals surface area contributed by atoms with Gasteiger partial charge in [0.15, 0.2) is 0 Å². The van der Waals surface area contributed by atoms with Crippen molar-refractivity contribution < 1.29 is 9.59 Å². The van der Waals surface area contributed by atoms with Crippen molar-refractivity contribution in [2.75, 3.05) is 39.3 Å². The highest BCUT2D eigenvalue weighted by Crippen LogP contribution is 2.18. The van der Waals surface area contributed by atoms with Crippen molar-refractivity contribution in [3.63, 3.8) is 0 Å². The lowest BCUT2D eigenvalue weighted by Crippen LogP contribution is -2.53. The average Bonchev–Trinajstić information content (AvgIpc) is 3.06. The van der Waals surface area contributed by atoms with Crippen molar-refractivity contribution >= 4 is 11.9 Å². The van der Waals surface area contributed by atoms with Crippen LogP contribution in [0, 0.1) is 5.92 Å². The zero-order valence-corrected chi connectivity index (χ0v) is 11.2. The Bertz CT molecular complexity index is 368. The Morgan fingerprint density at radius 1 is 1.32 bits per heavy atom. The maximum atomic E-state index is 12.2. The Labute approximate surface area is 113 Å². The third-order valence-corrected chi connectivity index (χ3v) is 4.51. The molecule has 3 rings (SSSR count). The van der Waals surface area contributed by atoms with Gasteiger partial charge in [-0.05, 0) is 31.8 Å². The van der Waals surface area contributed by atoms with E-state index < -0.39 is 0 Å². The number of carbonyl (C=O) groups excluding carboxylic acids is 2. The van der Waals surface area contributed by atoms with E-state index in [-0.39, 0.29) is 18.0 Å². The molecule has 0 spiro atoms. The molecule has 2 N–H and O–H groups in total. The number of hydrogen-bond acceptors (Lipinski definition) is 3. The minimum atomic E-state index is 0.0223. The van der Waals surface area contributed by atoms with Crippen molar-refractivity contribution in [3.05, 3.63) is 0 Å². The van der Waals surface area contributed by atoms with Crippen LogP contribution in [0.2, 0.25) is 0 Å². The molecule has 0 aromatic heterocycles. The Balaban J connectivity index is 1.46. The van der Waals surface area contributed by atoms with Gasteiger partial charge in [-0.1, -0.05) is 0 Å². The van der Waals surface area contributed by atoms with Crippen molar-refractivity contribution in [1.29, 1.82) is 0 Å². The number of hydrogen-bond donors (Lipinski definition) is 2. The monoisotopic (exact) mass is 266 g/mol. The quantitative estimate of drug-likeness (QED) is 0.731. The minimum Gasteiger partial charge on any atom is -0.339 e. The van der Waals surface area contributed by atoms with Gasteiger partial charge in [0.2, 0.25) is 5.91 Å². The highest BCUT2D eigenvalue weighted by Gasteiger charge is 2.36. The van der Waals surface area contributed by atoms with E-state index in [1.54, 1.807) is 0 Å². The van der Waals surface area contributed by atoms with Gasteiger partial charge in [-0.25, -0.2) is 4.79 Å². The summed E-state index contributed by atoms with van der Waals surface area (Å²) in [6.45, 7) is 4.88. The molecular formula is C13H22N4O2. The summed E-state index contributed by atoms with van der Waals surface area (Å²) in [4.78, 5) is 27.5. The molecule has 3 aliphatic rings. The number of rotatable bonds is 3. The van der Waals surface area contributed by atoms with Gasteiger partial charge in [0.05, 0.1) is 6.04 Å². The SMILES string of the molecule is O=C(CCC1CCNC1)N1CCN2C(=O)NCC2C1. The van der Waals surface area contributed by atoms with E-state index in [2.05, 4.69) is 10.6 Å². The van der Waals surface area contributed by atoms with E-state index in [4.69, 9.17) is 0 Å². The normalized spacial score (nSPS) is 30.4. The highest BCUT2D eigenvalue weighted by atomic mass is 16.2. The molecule has 0 radical (unpaired) electrons. The molecule has 6 heteroatoms. The summed E-state index contributed by atoms with van der Waals surface area (Å²) in [5, 5.41) is 6.17. The van der Waals surface area contributed by atoms with Crippen molar-refractivity contribution in [2.45, 2.75) is 25.3 Å². The molecule has 3 saturated heterocycles. The van der Waals surface area contributed by atoms with Crippen LogP contribution in [0.1, 0.15) is 19.3 Å². The molecular weight excluding hydrogens is 244 g/mol. The zero-order chi connectivity index (χ0) is 13.2. The third-order valence-electron chi connectivity index (χ3n) is 4.51. The topological polar surface area (TPSA) is 64.7 Å². The third kappa shape index (κ3) is 2.68. The second kappa shape index (κ2) is 5.36. The lowest BCUT2D eigenvalue weighted by atomic mass is 10.0. The van der Waals surface area contributed by atoms with Gasteiger partial charge < -0.3 is 20.4 Å². The fourth-order valence-electron chi connectivity index (χ4n) is 3.28. The Morgan fingerprint density at radius 3 is 3.00 bits per heavy atom. The largest absolute Gasteiger partial charge is 0.339 e. The van der Waals surface area contributed by atoms with E-state index in [0.717, 1.165) is 19.5 Å². The first-order valence-electron chi connectivity index (χ1n) is 7.27. The molecule has 6 nitrogen and oxygen atoms in total. The van der Waals surface area contributed by atoms with Crippen LogP contribution in [0.5, 0.6) is 0 Å². The molecule has 3 amide bonds. The second-order valence-corrected chi connectivity index (χ2v) is 5.77. The number of fused-ring (bicyclic) bond motifs is 1. The molecule has 3 heterocycles. The molecule has 0 aromatic carbocycles. The van der Waals surface area contributed by atoms with Gasteiger partial charge in [0.1, 0.15) is 0 Å². The van der Waals surface area contributed by atoms with Crippen LogP contribution >= 0.6 is 0 Å². The Kier molecular flexibility index (Phi) is 3.59. The maximum absolute atomic E-state index is 12.2. The standard InChI is InChI=1S/C13H22N4O2/c18-12(2-1-10-3-4-14-7-10)16-5-6-17-11(9-16)8-15-13(17)19/h10-11,14H,1-9H2,(H,15,19). The van der Waals surface area contributed by atoms with Crippen LogP contribution < -0.4 is 10.6 Å². The first-order chi connectivity index (χ1) is 9.24. The molecule has 0 aromatic rings. The highest BCUT2D eigenvalue weighted by molar-refractivity contribution is 5.79. The molecule has 0 aliphatic carbocycles. The minimum absolute atomic E-state index is 0.0223. The second-order valence-electron chi connectivity index (χ2n) is 5.77. The van der Waals surface area contributed by atoms with Crippen molar-refractivity contribution in [3.8, 4) is 0 Å². The number of nitrogens with zero attached hydrogens (tertiary/aromatic N) is 2. The first-order valence-corrected chi connectivity index (χ1v) is 7.27. The van der Waals surface area contributed by atoms with Crippen LogP contribution in [-0.4, -0.2) is 67.0 Å². The van der Waals surface area contributed by atoms with Crippen LogP contribution in [-0.2, 0) is 4.79 Å². The number of piperazine rings is 1. The summed E-state index contributed by atoms with van der Waals surface area (Å²) < 4.78 is 0. The number of amides is 3. The van der Waals surface area contributed by atoms with Crippen LogP contribution in [0.15, 0.2) is 0 Å². The van der Waals surface area contributed by atoms with Crippen molar-refractivity contribution in [1.82, 2.24) is 20.4 Å². The van der Waals surface area contributed by atoms with E-state index >= 15 is 0 Å². The van der Waals surface area contributed by atoms with Gasteiger partial charge in [-0.3, -0.25) is 4.79 Å². The zero-order valence-electron chi connectivity index (χ0n) is 11.2. The summed E-state index contributed by atoms with van der Waals surface area (Å²) in [5.74, 6) is 0.922. The van der Waals surface area contributed by atoms with E-state index in [1.807, 2.05) is 9.80 Å². The molecule has 2 atom stereocenters. The lowest BCUT2D eigenvalue weighted by Gasteiger charge is -2.36. The van der Waals surface area contributed by atoms with Gasteiger partial charge in [-0.15, -0.1) is 0 Å². The lowest BCUT2D eigenvalue weighted by molar-refractivity contribution is -0.133. The van der Waals surface area contributed by atoms with Crippen molar-refractivity contribution in [2.24, 2.45) is 5.92 Å². The molecule has 3 fully saturated rings. The van der Waals surface area contributed by atoms with Crippen LogP contribution in [0.4, 0.5) is 4.79 Å². The molecule has 2 unspecified atom stereocenters. The number of urea groups is 1. The number of nitrogens with one attached hydrogen (secondary N) is 2. The Hall–Kier alpha value is -1.30. The predicted molar refractivity (Wildman–Crippen MR) is 70.7 cm³/mol. The summed E-state index contributed by atoms with van der Waals surface area (Å²) in [7, 11) is 0. The van der Waals surface area contributed by atoms with E-state index in [1.165, 1.54) is 6.42 Å². The Morgan fingerprint density at radius 2 is 2.21 bits per heavy atom. The predicted octanol–water partition coefficient (Wildman–Crippen LogP) is -0.388. The van der Waals surface area contributed by atoms with Gasteiger partial charge in [-0.2, -0.15) is 0 Å². The van der Waals surface area contributed by atoms with E-state index in [0.29, 0.717) is 38.5 Å². The summed E-state index contributed by atoms with van der Waals surface area (Å²) in [6, 6.07) is 0.201. The van der Waals surface area contributed by atoms with Gasteiger partial charge >= 0.3 is 6.03 Å². The summed E-state index contributed by atoms with van der Waals surface area (Å²) in [5.41, 5.74) is 0. The summed E-state index contributed by atoms with van der Waals surface area (Å²) in [6.07, 6.45) is 2.84. The molecule has 3 aliphatic heterocycles. The van der Waals surface area contributed by atoms with E-state index in [9.17, 15) is 9.59 Å². The molecule has 19 heavy (non-hydrogen) atoms. The maximum Gasteiger partial charge on any atom is 0.317 e. The fraction of sp³-hybridized carbons (Fsp3) is 0.846. The number of carbonyl (C=O) groups is 2. The smallest absolute Gasteiger partial charge is 0.317 e. The molecule has 0 saturated carbocycles. The fourth-order valence-corrected chi connectivity index (χ4v) is 3.28. The van der Waals surface area contributed by atoms with Gasteiger partial charge in [0.25, 0.3) is 0 Å². The molecule has 106 valence electrons. The summed E-state index contributed by atoms with van der Waals surface area (Å²) >= 11 is 0. The first kappa shape index (κ1) is 12.7.